The lowest BCUT2D eigenvalue weighted by molar-refractivity contribution is -0.134. The van der Waals surface area contributed by atoms with E-state index in [1.807, 2.05) is 27.7 Å². The van der Waals surface area contributed by atoms with E-state index in [1.165, 1.54) is 6.07 Å². The van der Waals surface area contributed by atoms with Crippen molar-refractivity contribution >= 4 is 24.8 Å². The van der Waals surface area contributed by atoms with Gasteiger partial charge in [-0.25, -0.2) is 0 Å². The molecule has 0 N–H and O–H groups in total. The van der Waals surface area contributed by atoms with Crippen molar-refractivity contribution in [3.05, 3.63) is 23.3 Å². The van der Waals surface area contributed by atoms with Crippen LogP contribution in [0.2, 0.25) is 0 Å². The van der Waals surface area contributed by atoms with Crippen LogP contribution in [-0.4, -0.2) is 50.9 Å². The number of benzene rings is 1. The molecule has 0 spiro atoms. The molecule has 1 aromatic rings. The van der Waals surface area contributed by atoms with Crippen LogP contribution in [0.1, 0.15) is 57.0 Å². The zero-order valence-electron chi connectivity index (χ0n) is 17.5. The van der Waals surface area contributed by atoms with E-state index in [2.05, 4.69) is 0 Å². The van der Waals surface area contributed by atoms with E-state index in [0.717, 1.165) is 0 Å². The highest BCUT2D eigenvalue weighted by atomic mass is 16.7. The second-order valence-corrected chi connectivity index (χ2v) is 7.66. The van der Waals surface area contributed by atoms with Crippen LogP contribution >= 0.6 is 0 Å². The zero-order valence-corrected chi connectivity index (χ0v) is 17.5. The lowest BCUT2D eigenvalue weighted by Crippen LogP contribution is -2.41. The average Bonchev–Trinajstić information content (AvgIpc) is 2.86. The van der Waals surface area contributed by atoms with Gasteiger partial charge in [-0.3, -0.25) is 9.59 Å². The van der Waals surface area contributed by atoms with Crippen LogP contribution in [0.25, 0.3) is 0 Å². The average molecular weight is 392 g/mol. The van der Waals surface area contributed by atoms with E-state index in [1.54, 1.807) is 20.1 Å². The molecular formula is C20H29BO7. The fraction of sp³-hybridized carbons (Fsp3) is 0.600. The number of carbonyl (C=O) groups excluding carboxylic acids is 2. The Morgan fingerprint density at radius 3 is 2.32 bits per heavy atom. The highest BCUT2D eigenvalue weighted by Gasteiger charge is 2.52. The summed E-state index contributed by atoms with van der Waals surface area (Å²) in [6.07, 6.45) is 0.942. The Bertz CT molecular complexity index is 699. The van der Waals surface area contributed by atoms with Crippen LogP contribution in [0.4, 0.5) is 0 Å². The predicted molar refractivity (Wildman–Crippen MR) is 105 cm³/mol. The van der Waals surface area contributed by atoms with Gasteiger partial charge in [-0.05, 0) is 50.9 Å². The van der Waals surface area contributed by atoms with Crippen LogP contribution < -0.4 is 10.2 Å². The molecule has 7 nitrogen and oxygen atoms in total. The summed E-state index contributed by atoms with van der Waals surface area (Å²) in [5.41, 5.74) is 0.510. The molecule has 0 amide bonds. The molecule has 8 heteroatoms. The summed E-state index contributed by atoms with van der Waals surface area (Å²) < 4.78 is 28.3. The lowest BCUT2D eigenvalue weighted by atomic mass is 9.74. The zero-order chi connectivity index (χ0) is 20.9. The summed E-state index contributed by atoms with van der Waals surface area (Å²) in [5.74, 6) is -0.111. The third-order valence-electron chi connectivity index (χ3n) is 5.13. The molecule has 1 aromatic carbocycles. The van der Waals surface area contributed by atoms with Crippen molar-refractivity contribution in [2.24, 2.45) is 0 Å². The quantitative estimate of drug-likeness (QED) is 0.210. The number of carbonyl (C=O) groups is 2. The molecule has 1 heterocycles. The number of aldehydes is 1. The maximum Gasteiger partial charge on any atom is 0.495 e. The van der Waals surface area contributed by atoms with Gasteiger partial charge in [-0.15, -0.1) is 0 Å². The van der Waals surface area contributed by atoms with Crippen molar-refractivity contribution in [3.8, 4) is 5.75 Å². The molecule has 0 saturated carbocycles. The monoisotopic (exact) mass is 392 g/mol. The van der Waals surface area contributed by atoms with Gasteiger partial charge in [0.1, 0.15) is 5.75 Å². The third kappa shape index (κ3) is 5.00. The van der Waals surface area contributed by atoms with E-state index in [4.69, 9.17) is 23.5 Å². The number of ether oxygens (including phenoxy) is 3. The van der Waals surface area contributed by atoms with Crippen molar-refractivity contribution < 1.29 is 33.1 Å². The summed E-state index contributed by atoms with van der Waals surface area (Å²) >= 11 is 0. The molecule has 28 heavy (non-hydrogen) atoms. The predicted octanol–water partition coefficient (Wildman–Crippen LogP) is 2.28. The van der Waals surface area contributed by atoms with Crippen LogP contribution in [0.5, 0.6) is 5.75 Å². The molecule has 0 aliphatic carbocycles. The normalized spacial score (nSPS) is 17.6. The van der Waals surface area contributed by atoms with Gasteiger partial charge < -0.3 is 23.5 Å². The van der Waals surface area contributed by atoms with Crippen molar-refractivity contribution in [1.29, 1.82) is 0 Å². The maximum absolute atomic E-state index is 11.7. The number of rotatable bonds is 9. The van der Waals surface area contributed by atoms with Gasteiger partial charge in [0.15, 0.2) is 6.29 Å². The highest BCUT2D eigenvalue weighted by molar-refractivity contribution is 6.62. The van der Waals surface area contributed by atoms with Crippen LogP contribution in [0.15, 0.2) is 12.1 Å². The van der Waals surface area contributed by atoms with Gasteiger partial charge in [-0.2, -0.15) is 0 Å². The Hall–Kier alpha value is -1.74. The fourth-order valence-corrected chi connectivity index (χ4v) is 2.72. The maximum atomic E-state index is 11.7. The van der Waals surface area contributed by atoms with E-state index >= 15 is 0 Å². The van der Waals surface area contributed by atoms with Gasteiger partial charge in [-0.1, -0.05) is 6.92 Å². The fourth-order valence-electron chi connectivity index (χ4n) is 2.72. The van der Waals surface area contributed by atoms with E-state index in [9.17, 15) is 9.59 Å². The molecule has 1 saturated heterocycles. The van der Waals surface area contributed by atoms with Gasteiger partial charge in [0, 0.05) is 19.1 Å². The first-order chi connectivity index (χ1) is 13.1. The Balaban J connectivity index is 2.44. The molecule has 1 aliphatic heterocycles. The summed E-state index contributed by atoms with van der Waals surface area (Å²) in [6.45, 7) is 10.5. The summed E-state index contributed by atoms with van der Waals surface area (Å²) in [4.78, 5) is 23.5. The smallest absolute Gasteiger partial charge is 0.427 e. The number of hydrogen-bond donors (Lipinski definition) is 0. The largest absolute Gasteiger partial charge is 0.495 e. The first kappa shape index (κ1) is 22.6. The molecule has 0 bridgehead atoms. The summed E-state index contributed by atoms with van der Waals surface area (Å²) in [6, 6.07) is 3.21. The van der Waals surface area contributed by atoms with Crippen molar-refractivity contribution in [2.45, 2.75) is 58.8 Å². The molecular weight excluding hydrogens is 363 g/mol. The SMILES string of the molecule is CCC(=O)Oc1cc(C=O)c(COCCOC)c(B2OC(C)(C)C(C)(C)O2)c1. The summed E-state index contributed by atoms with van der Waals surface area (Å²) in [5, 5.41) is 0. The number of hydrogen-bond acceptors (Lipinski definition) is 7. The minimum atomic E-state index is -0.718. The van der Waals surface area contributed by atoms with Crippen molar-refractivity contribution in [2.75, 3.05) is 20.3 Å². The van der Waals surface area contributed by atoms with Gasteiger partial charge in [0.05, 0.1) is 31.0 Å². The molecule has 0 radical (unpaired) electrons. The van der Waals surface area contributed by atoms with Crippen LogP contribution in [0, 0.1) is 0 Å². The molecule has 2 rings (SSSR count). The van der Waals surface area contributed by atoms with Gasteiger partial charge in [0.25, 0.3) is 0 Å². The first-order valence-corrected chi connectivity index (χ1v) is 9.40. The number of methoxy groups -OCH3 is 1. The second kappa shape index (κ2) is 9.18. The van der Waals surface area contributed by atoms with E-state index in [-0.39, 0.29) is 24.7 Å². The Morgan fingerprint density at radius 1 is 1.14 bits per heavy atom. The minimum absolute atomic E-state index is 0.179. The van der Waals surface area contributed by atoms with Crippen LogP contribution in [-0.2, 0) is 30.2 Å². The van der Waals surface area contributed by atoms with E-state index < -0.39 is 18.3 Å². The van der Waals surface area contributed by atoms with Crippen LogP contribution in [0.3, 0.4) is 0 Å². The molecule has 0 unspecified atom stereocenters. The molecule has 154 valence electrons. The topological polar surface area (TPSA) is 80.3 Å². The highest BCUT2D eigenvalue weighted by Crippen LogP contribution is 2.37. The van der Waals surface area contributed by atoms with E-state index in [0.29, 0.717) is 36.1 Å². The third-order valence-corrected chi connectivity index (χ3v) is 5.13. The summed E-state index contributed by atoms with van der Waals surface area (Å²) in [7, 11) is 0.873. The Kier molecular flexibility index (Phi) is 7.39. The second-order valence-electron chi connectivity index (χ2n) is 7.66. The lowest BCUT2D eigenvalue weighted by Gasteiger charge is -2.32. The van der Waals surface area contributed by atoms with Crippen molar-refractivity contribution in [1.82, 2.24) is 0 Å². The standard InChI is InChI=1S/C20H29BO7/c1-7-18(23)26-15-10-14(12-22)16(13-25-9-8-24-6)17(11-15)21-27-19(2,3)20(4,5)28-21/h10-12H,7-9,13H2,1-6H3. The Morgan fingerprint density at radius 2 is 1.79 bits per heavy atom. The van der Waals surface area contributed by atoms with Crippen molar-refractivity contribution in [3.63, 3.8) is 0 Å². The molecule has 1 aliphatic rings. The van der Waals surface area contributed by atoms with Gasteiger partial charge in [0.2, 0.25) is 0 Å². The molecule has 0 atom stereocenters. The number of esters is 1. The Labute approximate surface area is 166 Å². The minimum Gasteiger partial charge on any atom is -0.427 e. The van der Waals surface area contributed by atoms with Gasteiger partial charge >= 0.3 is 13.1 Å². The molecule has 1 fully saturated rings. The first-order valence-electron chi connectivity index (χ1n) is 9.40. The molecule has 0 aromatic heterocycles.